The third-order valence-electron chi connectivity index (χ3n) is 3.33. The van der Waals surface area contributed by atoms with Crippen LogP contribution in [0.4, 0.5) is 13.2 Å². The molecular weight excluding hydrogens is 341 g/mol. The van der Waals surface area contributed by atoms with Crippen molar-refractivity contribution in [2.75, 3.05) is 0 Å². The Hall–Kier alpha value is -2.03. The van der Waals surface area contributed by atoms with Crippen molar-refractivity contribution in [1.82, 2.24) is 20.1 Å². The van der Waals surface area contributed by atoms with E-state index < -0.39 is 17.3 Å². The number of hydrogen-bond donors (Lipinski definition) is 1. The Labute approximate surface area is 141 Å². The summed E-state index contributed by atoms with van der Waals surface area (Å²) < 4.78 is 38.9. The van der Waals surface area contributed by atoms with Crippen LogP contribution >= 0.6 is 11.8 Å². The summed E-state index contributed by atoms with van der Waals surface area (Å²) in [4.78, 5) is 12.1. The maximum Gasteiger partial charge on any atom is 0.451 e. The van der Waals surface area contributed by atoms with Gasteiger partial charge in [0.05, 0.1) is 5.25 Å². The highest BCUT2D eigenvalue weighted by Gasteiger charge is 2.37. The zero-order valence-corrected chi connectivity index (χ0v) is 14.2. The molecule has 0 aliphatic carbocycles. The number of thioether (sulfide) groups is 1. The highest BCUT2D eigenvalue weighted by Crippen LogP contribution is 2.30. The highest BCUT2D eigenvalue weighted by atomic mass is 32.2. The molecule has 1 amide bonds. The van der Waals surface area contributed by atoms with Gasteiger partial charge in [-0.1, -0.05) is 41.6 Å². The van der Waals surface area contributed by atoms with E-state index in [9.17, 15) is 18.0 Å². The van der Waals surface area contributed by atoms with Crippen LogP contribution < -0.4 is 5.32 Å². The lowest BCUT2D eigenvalue weighted by molar-refractivity contribution is -0.147. The van der Waals surface area contributed by atoms with Crippen molar-refractivity contribution in [2.45, 2.75) is 37.0 Å². The van der Waals surface area contributed by atoms with Gasteiger partial charge in [-0.25, -0.2) is 0 Å². The zero-order valence-electron chi connectivity index (χ0n) is 13.4. The minimum atomic E-state index is -4.57. The van der Waals surface area contributed by atoms with Gasteiger partial charge in [-0.2, -0.15) is 13.2 Å². The number of amides is 1. The number of nitrogens with one attached hydrogen (secondary N) is 1. The van der Waals surface area contributed by atoms with Gasteiger partial charge in [-0.15, -0.1) is 10.2 Å². The Morgan fingerprint density at radius 3 is 2.46 bits per heavy atom. The van der Waals surface area contributed by atoms with E-state index in [0.29, 0.717) is 6.54 Å². The van der Waals surface area contributed by atoms with Crippen LogP contribution in [0.25, 0.3) is 0 Å². The van der Waals surface area contributed by atoms with Crippen LogP contribution in [0.5, 0.6) is 0 Å². The minimum Gasteiger partial charge on any atom is -0.351 e. The number of aryl methyl sites for hydroxylation is 1. The molecule has 1 atom stereocenters. The molecule has 0 aliphatic rings. The maximum atomic E-state index is 12.7. The van der Waals surface area contributed by atoms with Crippen molar-refractivity contribution in [1.29, 1.82) is 0 Å². The number of nitrogens with zero attached hydrogens (tertiary/aromatic N) is 3. The molecular formula is C15H17F3N4OS. The van der Waals surface area contributed by atoms with Gasteiger partial charge in [-0.05, 0) is 19.4 Å². The summed E-state index contributed by atoms with van der Waals surface area (Å²) in [5.41, 5.74) is 2.07. The van der Waals surface area contributed by atoms with Gasteiger partial charge in [-0.3, -0.25) is 4.79 Å². The second-order valence-electron chi connectivity index (χ2n) is 5.33. The smallest absolute Gasteiger partial charge is 0.351 e. The maximum absolute atomic E-state index is 12.7. The van der Waals surface area contributed by atoms with Gasteiger partial charge in [0.15, 0.2) is 5.16 Å². The van der Waals surface area contributed by atoms with Crippen molar-refractivity contribution < 1.29 is 18.0 Å². The molecule has 130 valence electrons. The number of alkyl halides is 3. The largest absolute Gasteiger partial charge is 0.451 e. The molecule has 5 nitrogen and oxygen atoms in total. The van der Waals surface area contributed by atoms with Crippen molar-refractivity contribution in [2.24, 2.45) is 7.05 Å². The van der Waals surface area contributed by atoms with E-state index in [0.717, 1.165) is 27.5 Å². The Morgan fingerprint density at radius 1 is 1.29 bits per heavy atom. The van der Waals surface area contributed by atoms with Crippen molar-refractivity contribution in [3.05, 3.63) is 41.2 Å². The first kappa shape index (κ1) is 18.3. The molecule has 1 N–H and O–H groups in total. The van der Waals surface area contributed by atoms with Crippen LogP contribution in [0.3, 0.4) is 0 Å². The van der Waals surface area contributed by atoms with E-state index in [-0.39, 0.29) is 11.1 Å². The fourth-order valence-corrected chi connectivity index (χ4v) is 2.75. The summed E-state index contributed by atoms with van der Waals surface area (Å²) >= 11 is 0.930. The monoisotopic (exact) mass is 358 g/mol. The first-order valence-electron chi connectivity index (χ1n) is 7.15. The van der Waals surface area contributed by atoms with E-state index in [4.69, 9.17) is 0 Å². The molecule has 1 heterocycles. The predicted molar refractivity (Wildman–Crippen MR) is 84.3 cm³/mol. The molecule has 1 aromatic heterocycles. The molecule has 0 saturated carbocycles. The first-order valence-corrected chi connectivity index (χ1v) is 8.03. The standard InChI is InChI=1S/C15H17F3N4OS/c1-9-4-6-11(7-5-9)8-19-12(23)10(2)24-14-21-20-13(22(14)3)15(16,17)18/h4-7,10H,8H2,1-3H3,(H,19,23)/t10-/m0/s1. The molecule has 9 heteroatoms. The Kier molecular flexibility index (Phi) is 5.53. The lowest BCUT2D eigenvalue weighted by atomic mass is 10.1. The molecule has 0 bridgehead atoms. The molecule has 0 unspecified atom stereocenters. The van der Waals surface area contributed by atoms with Crippen molar-refractivity contribution >= 4 is 17.7 Å². The summed E-state index contributed by atoms with van der Waals surface area (Å²) in [5.74, 6) is -1.37. The number of hydrogen-bond acceptors (Lipinski definition) is 4. The number of carbonyl (C=O) groups is 1. The summed E-state index contributed by atoms with van der Waals surface area (Å²) in [7, 11) is 1.22. The minimum absolute atomic E-state index is 0.0420. The summed E-state index contributed by atoms with van der Waals surface area (Å²) in [6, 6.07) is 7.70. The Morgan fingerprint density at radius 2 is 1.92 bits per heavy atom. The normalized spacial score (nSPS) is 12.9. The summed E-state index contributed by atoms with van der Waals surface area (Å²) in [5, 5.41) is 8.84. The highest BCUT2D eigenvalue weighted by molar-refractivity contribution is 8.00. The molecule has 0 saturated heterocycles. The number of carbonyl (C=O) groups excluding carboxylic acids is 1. The predicted octanol–water partition coefficient (Wildman–Crippen LogP) is 2.94. The lowest BCUT2D eigenvalue weighted by Gasteiger charge is -2.12. The quantitative estimate of drug-likeness (QED) is 0.835. The number of aromatic nitrogens is 3. The van der Waals surface area contributed by atoms with Crippen molar-refractivity contribution in [3.63, 3.8) is 0 Å². The number of halogens is 3. The summed E-state index contributed by atoms with van der Waals surface area (Å²) in [6.45, 7) is 3.94. The topological polar surface area (TPSA) is 59.8 Å². The van der Waals surface area contributed by atoms with Crippen LogP contribution in [-0.4, -0.2) is 25.9 Å². The number of benzene rings is 1. The van der Waals surface area contributed by atoms with Gasteiger partial charge in [0.1, 0.15) is 0 Å². The van der Waals surface area contributed by atoms with Crippen molar-refractivity contribution in [3.8, 4) is 0 Å². The number of rotatable bonds is 5. The molecule has 24 heavy (non-hydrogen) atoms. The summed E-state index contributed by atoms with van der Waals surface area (Å²) in [6.07, 6.45) is -4.57. The molecule has 1 aromatic carbocycles. The molecule has 2 rings (SSSR count). The fraction of sp³-hybridized carbons (Fsp3) is 0.400. The van der Waals surface area contributed by atoms with Gasteiger partial charge in [0, 0.05) is 13.6 Å². The molecule has 0 spiro atoms. The van der Waals surface area contributed by atoms with Crippen LogP contribution in [0.15, 0.2) is 29.4 Å². The Bertz CT molecular complexity index is 712. The third kappa shape index (κ3) is 4.50. The second-order valence-corrected chi connectivity index (χ2v) is 6.63. The average Bonchev–Trinajstić information content (AvgIpc) is 2.87. The van der Waals surface area contributed by atoms with E-state index >= 15 is 0 Å². The van der Waals surface area contributed by atoms with Gasteiger partial charge >= 0.3 is 6.18 Å². The van der Waals surface area contributed by atoms with E-state index in [1.54, 1.807) is 6.92 Å². The van der Waals surface area contributed by atoms with Crippen LogP contribution in [-0.2, 0) is 24.6 Å². The SMILES string of the molecule is Cc1ccc(CNC(=O)[C@H](C)Sc2nnc(C(F)(F)F)n2C)cc1. The van der Waals surface area contributed by atoms with E-state index in [1.165, 1.54) is 7.05 Å². The van der Waals surface area contributed by atoms with Gasteiger partial charge in [0.25, 0.3) is 0 Å². The van der Waals surface area contributed by atoms with Crippen LogP contribution in [0.2, 0.25) is 0 Å². The molecule has 2 aromatic rings. The lowest BCUT2D eigenvalue weighted by Crippen LogP contribution is -2.30. The van der Waals surface area contributed by atoms with E-state index in [2.05, 4.69) is 15.5 Å². The first-order chi connectivity index (χ1) is 11.2. The molecule has 0 radical (unpaired) electrons. The Balaban J connectivity index is 1.94. The van der Waals surface area contributed by atoms with Gasteiger partial charge in [0.2, 0.25) is 11.7 Å². The third-order valence-corrected chi connectivity index (χ3v) is 4.46. The second kappa shape index (κ2) is 7.25. The molecule has 0 fully saturated rings. The van der Waals surface area contributed by atoms with Gasteiger partial charge < -0.3 is 9.88 Å². The fourth-order valence-electron chi connectivity index (χ4n) is 1.91. The van der Waals surface area contributed by atoms with Crippen LogP contribution in [0, 0.1) is 6.92 Å². The molecule has 0 aliphatic heterocycles. The average molecular weight is 358 g/mol. The van der Waals surface area contributed by atoms with E-state index in [1.807, 2.05) is 31.2 Å². The zero-order chi connectivity index (χ0) is 17.9. The van der Waals surface area contributed by atoms with Crippen LogP contribution in [0.1, 0.15) is 23.9 Å².